The Labute approximate surface area is 318 Å². The van der Waals surface area contributed by atoms with Crippen molar-refractivity contribution in [3.8, 4) is 50.5 Å². The highest BCUT2D eigenvalue weighted by Crippen LogP contribution is 2.42. The number of fused-ring (bicyclic) bond motifs is 6. The average molecular weight is 710 g/mol. The van der Waals surface area contributed by atoms with E-state index in [1.54, 1.807) is 12.2 Å². The minimum Gasteiger partial charge on any atom is -0.309 e. The molecule has 0 saturated carbocycles. The molecule has 0 fully saturated rings. The number of hydrogen-bond donors (Lipinski definition) is 0. The van der Waals surface area contributed by atoms with Crippen LogP contribution in [0.15, 0.2) is 201 Å². The summed E-state index contributed by atoms with van der Waals surface area (Å²) >= 11 is 1.85. The predicted octanol–water partition coefficient (Wildman–Crippen LogP) is 14.0. The molecule has 0 radical (unpaired) electrons. The number of para-hydroxylation sites is 1. The van der Waals surface area contributed by atoms with E-state index >= 15 is 0 Å². The highest BCUT2D eigenvalue weighted by atomic mass is 32.1. The molecule has 0 unspecified atom stereocenters. The van der Waals surface area contributed by atoms with Crippen LogP contribution in [0.5, 0.6) is 0 Å². The Hall–Kier alpha value is -6.88. The maximum absolute atomic E-state index is 4.67. The summed E-state index contributed by atoms with van der Waals surface area (Å²) in [6, 6.07) is 58.7. The van der Waals surface area contributed by atoms with Gasteiger partial charge in [0.1, 0.15) is 0 Å². The van der Waals surface area contributed by atoms with Crippen molar-refractivity contribution < 1.29 is 0 Å². The Kier molecular flexibility index (Phi) is 8.72. The molecule has 0 saturated heterocycles. The maximum atomic E-state index is 4.67. The fourth-order valence-corrected chi connectivity index (χ4v) is 8.52. The smallest absolute Gasteiger partial charge is 0.0708 e. The zero-order valence-corrected chi connectivity index (χ0v) is 30.4. The number of aromatic nitrogens is 3. The van der Waals surface area contributed by atoms with Gasteiger partial charge in [-0.3, -0.25) is 9.97 Å². The Balaban J connectivity index is 0.000000918. The molecule has 10 aromatic rings. The molecule has 0 N–H and O–H groups in total. The van der Waals surface area contributed by atoms with Crippen LogP contribution < -0.4 is 0 Å². The van der Waals surface area contributed by atoms with E-state index in [1.807, 2.05) is 48.0 Å². The Morgan fingerprint density at radius 3 is 1.54 bits per heavy atom. The van der Waals surface area contributed by atoms with Gasteiger partial charge in [-0.05, 0) is 95.1 Å². The van der Waals surface area contributed by atoms with Gasteiger partial charge in [-0.25, -0.2) is 0 Å². The van der Waals surface area contributed by atoms with Crippen molar-refractivity contribution in [3.05, 3.63) is 201 Å². The van der Waals surface area contributed by atoms with Crippen molar-refractivity contribution in [1.29, 1.82) is 0 Å². The van der Waals surface area contributed by atoms with E-state index < -0.39 is 0 Å². The van der Waals surface area contributed by atoms with Crippen LogP contribution in [-0.2, 0) is 0 Å². The van der Waals surface area contributed by atoms with Gasteiger partial charge in [0.05, 0.1) is 22.4 Å². The van der Waals surface area contributed by atoms with E-state index in [2.05, 4.69) is 167 Å². The van der Waals surface area contributed by atoms with E-state index in [0.717, 1.165) is 28.2 Å². The second-order valence-corrected chi connectivity index (χ2v) is 14.2. The summed E-state index contributed by atoms with van der Waals surface area (Å²) in [5.74, 6) is 0. The molecule has 6 aromatic carbocycles. The maximum Gasteiger partial charge on any atom is 0.0708 e. The molecular formula is C50H35N3S. The molecule has 0 aliphatic carbocycles. The molecule has 0 atom stereocenters. The lowest BCUT2D eigenvalue weighted by Crippen LogP contribution is -1.93. The number of rotatable bonds is 6. The summed E-state index contributed by atoms with van der Waals surface area (Å²) < 4.78 is 4.99. The lowest BCUT2D eigenvalue weighted by molar-refractivity contribution is 1.19. The van der Waals surface area contributed by atoms with Crippen LogP contribution in [0.3, 0.4) is 0 Å². The first-order valence-corrected chi connectivity index (χ1v) is 18.8. The quantitative estimate of drug-likeness (QED) is 0.161. The lowest BCUT2D eigenvalue weighted by Gasteiger charge is -2.11. The van der Waals surface area contributed by atoms with Gasteiger partial charge in [-0.15, -0.1) is 11.3 Å². The Bertz CT molecular complexity index is 2970. The summed E-state index contributed by atoms with van der Waals surface area (Å²) in [5, 5.41) is 5.02. The molecule has 4 aromatic heterocycles. The number of nitrogens with zero attached hydrogens (tertiary/aromatic N) is 3. The van der Waals surface area contributed by atoms with Crippen LogP contribution in [0.4, 0.5) is 0 Å². The van der Waals surface area contributed by atoms with E-state index in [4.69, 9.17) is 0 Å². The third-order valence-electron chi connectivity index (χ3n) is 9.91. The number of thiophene rings is 1. The predicted molar refractivity (Wildman–Crippen MR) is 231 cm³/mol. The zero-order chi connectivity index (χ0) is 36.4. The van der Waals surface area contributed by atoms with Crippen molar-refractivity contribution in [3.63, 3.8) is 0 Å². The van der Waals surface area contributed by atoms with Crippen LogP contribution >= 0.6 is 11.3 Å². The zero-order valence-electron chi connectivity index (χ0n) is 29.6. The van der Waals surface area contributed by atoms with Gasteiger partial charge in [0, 0.05) is 60.2 Å². The van der Waals surface area contributed by atoms with Gasteiger partial charge in [0.25, 0.3) is 0 Å². The molecule has 0 spiro atoms. The van der Waals surface area contributed by atoms with Crippen molar-refractivity contribution >= 4 is 53.3 Å². The van der Waals surface area contributed by atoms with Gasteiger partial charge >= 0.3 is 0 Å². The molecule has 54 heavy (non-hydrogen) atoms. The lowest BCUT2D eigenvalue weighted by atomic mass is 9.96. The molecule has 256 valence electrons. The second-order valence-electron chi connectivity index (χ2n) is 13.1. The normalized spacial score (nSPS) is 11.1. The summed E-state index contributed by atoms with van der Waals surface area (Å²) in [6.07, 6.45) is 7.00. The molecular weight excluding hydrogens is 675 g/mol. The van der Waals surface area contributed by atoms with E-state index in [0.29, 0.717) is 0 Å². The average Bonchev–Trinajstić information content (AvgIpc) is 3.79. The van der Waals surface area contributed by atoms with Crippen LogP contribution in [0.2, 0.25) is 0 Å². The minimum absolute atomic E-state index is 0.977. The van der Waals surface area contributed by atoms with Crippen molar-refractivity contribution in [2.45, 2.75) is 0 Å². The third-order valence-corrected chi connectivity index (χ3v) is 11.1. The molecule has 0 bridgehead atoms. The van der Waals surface area contributed by atoms with Gasteiger partial charge in [-0.1, -0.05) is 116 Å². The molecule has 0 aliphatic rings. The van der Waals surface area contributed by atoms with Crippen LogP contribution in [-0.4, -0.2) is 14.5 Å². The highest BCUT2D eigenvalue weighted by Gasteiger charge is 2.17. The first kappa shape index (κ1) is 33.0. The first-order valence-electron chi connectivity index (χ1n) is 18.0. The van der Waals surface area contributed by atoms with Crippen molar-refractivity contribution in [2.24, 2.45) is 0 Å². The van der Waals surface area contributed by atoms with Crippen LogP contribution in [0, 0.1) is 0 Å². The Morgan fingerprint density at radius 2 is 0.926 bits per heavy atom. The third kappa shape index (κ3) is 5.89. The summed E-state index contributed by atoms with van der Waals surface area (Å²) in [5.41, 5.74) is 12.5. The topological polar surface area (TPSA) is 30.7 Å². The van der Waals surface area contributed by atoms with Gasteiger partial charge in [0.15, 0.2) is 0 Å². The van der Waals surface area contributed by atoms with E-state index in [1.165, 1.54) is 64.2 Å². The van der Waals surface area contributed by atoms with Crippen molar-refractivity contribution in [2.75, 3.05) is 0 Å². The van der Waals surface area contributed by atoms with Gasteiger partial charge in [0.2, 0.25) is 0 Å². The molecule has 4 heteroatoms. The monoisotopic (exact) mass is 709 g/mol. The Morgan fingerprint density at radius 1 is 0.426 bits per heavy atom. The largest absolute Gasteiger partial charge is 0.309 e. The standard InChI is InChI=1S/C46H29N3S.C4H6/c1-3-13-35(41-16-7-9-25-47-41)33(11-1)30-19-22-44-38(27-30)37-15-5-6-18-43(37)49(44)32-21-24-46-40(29-32)39-28-31(20-23-45(39)50-46)34-12-2-4-14-36(34)42-17-8-10-26-48-42;1-3-4-2/h1-29H;3-4H,1-2H2. The van der Waals surface area contributed by atoms with E-state index in [-0.39, 0.29) is 0 Å². The summed E-state index contributed by atoms with van der Waals surface area (Å²) in [6.45, 7) is 6.72. The van der Waals surface area contributed by atoms with Crippen LogP contribution in [0.25, 0.3) is 92.4 Å². The molecule has 4 heterocycles. The second kappa shape index (κ2) is 14.3. The highest BCUT2D eigenvalue weighted by molar-refractivity contribution is 7.25. The SMILES string of the molecule is C=CC=C.c1ccc(-c2ccccc2-c2ccc3sc4ccc(-n5c6ccccc6c6cc(-c7ccccc7-c7ccccn7)ccc65)cc4c3c2)nc1. The van der Waals surface area contributed by atoms with Gasteiger partial charge < -0.3 is 4.57 Å². The summed E-state index contributed by atoms with van der Waals surface area (Å²) in [7, 11) is 0. The fourth-order valence-electron chi connectivity index (χ4n) is 7.45. The van der Waals surface area contributed by atoms with E-state index in [9.17, 15) is 0 Å². The molecule has 10 rings (SSSR count). The number of allylic oxidation sites excluding steroid dienone is 2. The molecule has 3 nitrogen and oxygen atoms in total. The minimum atomic E-state index is 0.977. The fraction of sp³-hybridized carbons (Fsp3) is 0. The number of pyridine rings is 2. The van der Waals surface area contributed by atoms with Gasteiger partial charge in [-0.2, -0.15) is 0 Å². The molecule has 0 amide bonds. The molecule has 0 aliphatic heterocycles. The van der Waals surface area contributed by atoms with Crippen molar-refractivity contribution in [1.82, 2.24) is 14.5 Å². The first-order chi connectivity index (χ1) is 26.7. The summed E-state index contributed by atoms with van der Waals surface area (Å²) in [4.78, 5) is 9.33. The number of benzene rings is 6. The number of hydrogen-bond acceptors (Lipinski definition) is 3. The van der Waals surface area contributed by atoms with Crippen LogP contribution in [0.1, 0.15) is 0 Å².